The van der Waals surface area contributed by atoms with Crippen molar-refractivity contribution in [1.29, 1.82) is 0 Å². The van der Waals surface area contributed by atoms with Gasteiger partial charge >= 0.3 is 5.97 Å². The van der Waals surface area contributed by atoms with E-state index in [-0.39, 0.29) is 22.9 Å². The Bertz CT molecular complexity index is 1340. The van der Waals surface area contributed by atoms with Crippen LogP contribution in [0.5, 0.6) is 5.75 Å². The second kappa shape index (κ2) is 10.7. The van der Waals surface area contributed by atoms with Crippen LogP contribution in [0.3, 0.4) is 0 Å². The molecule has 4 rings (SSSR count). The van der Waals surface area contributed by atoms with Crippen molar-refractivity contribution in [2.75, 3.05) is 5.75 Å². The molecule has 1 heterocycles. The Kier molecular flexibility index (Phi) is 7.25. The van der Waals surface area contributed by atoms with Crippen molar-refractivity contribution in [2.24, 2.45) is 5.10 Å². The Hall–Kier alpha value is -4.09. The number of carbonyl (C=O) groups is 2. The summed E-state index contributed by atoms with van der Waals surface area (Å²) in [6, 6.07) is 19.4. The van der Waals surface area contributed by atoms with Gasteiger partial charge in [0.15, 0.2) is 4.34 Å². The van der Waals surface area contributed by atoms with E-state index in [2.05, 4.69) is 15.5 Å². The van der Waals surface area contributed by atoms with Crippen LogP contribution >= 0.6 is 23.1 Å². The van der Waals surface area contributed by atoms with E-state index < -0.39 is 10.9 Å². The van der Waals surface area contributed by atoms with Crippen molar-refractivity contribution >= 4 is 57.1 Å². The molecule has 0 unspecified atom stereocenters. The standard InChI is InChI=1S/C23H16N4O5S2/c28-21(14-33-23-25-19-3-1-2-4-20(19)34-23)26-24-13-15-5-11-18(12-6-15)32-22(29)16-7-9-17(10-8-16)27(30)31/h1-13H,14H2,(H,26,28)/b24-13-. The van der Waals surface area contributed by atoms with E-state index in [0.29, 0.717) is 11.3 Å². The first-order valence-electron chi connectivity index (χ1n) is 9.85. The quantitative estimate of drug-likeness (QED) is 0.0947. The number of thioether (sulfide) groups is 1. The highest BCUT2D eigenvalue weighted by Crippen LogP contribution is 2.29. The topological polar surface area (TPSA) is 124 Å². The number of amides is 1. The third kappa shape index (κ3) is 6.03. The number of para-hydroxylation sites is 1. The van der Waals surface area contributed by atoms with E-state index in [1.807, 2.05) is 24.3 Å². The number of carbonyl (C=O) groups excluding carboxylic acids is 2. The normalized spacial score (nSPS) is 10.9. The smallest absolute Gasteiger partial charge is 0.343 e. The molecule has 0 fully saturated rings. The molecular formula is C23H16N4O5S2. The van der Waals surface area contributed by atoms with Crippen molar-refractivity contribution in [2.45, 2.75) is 4.34 Å². The number of nitrogens with zero attached hydrogens (tertiary/aromatic N) is 3. The highest BCUT2D eigenvalue weighted by Gasteiger charge is 2.11. The third-order valence-corrected chi connectivity index (χ3v) is 6.59. The van der Waals surface area contributed by atoms with Crippen LogP contribution in [0, 0.1) is 10.1 Å². The van der Waals surface area contributed by atoms with E-state index in [1.165, 1.54) is 53.6 Å². The fourth-order valence-corrected chi connectivity index (χ4v) is 4.62. The summed E-state index contributed by atoms with van der Waals surface area (Å²) in [5, 5.41) is 14.6. The lowest BCUT2D eigenvalue weighted by atomic mass is 10.2. The minimum absolute atomic E-state index is 0.109. The molecule has 1 aromatic heterocycles. The molecule has 9 nitrogen and oxygen atoms in total. The van der Waals surface area contributed by atoms with E-state index in [0.717, 1.165) is 14.6 Å². The maximum absolute atomic E-state index is 12.2. The van der Waals surface area contributed by atoms with Crippen LogP contribution in [0.1, 0.15) is 15.9 Å². The number of hydrazone groups is 1. The van der Waals surface area contributed by atoms with Crippen molar-refractivity contribution in [3.05, 3.63) is 94.0 Å². The number of fused-ring (bicyclic) bond motifs is 1. The highest BCUT2D eigenvalue weighted by molar-refractivity contribution is 8.01. The van der Waals surface area contributed by atoms with E-state index in [1.54, 1.807) is 24.3 Å². The van der Waals surface area contributed by atoms with Gasteiger partial charge < -0.3 is 4.74 Å². The molecular weight excluding hydrogens is 476 g/mol. The first-order chi connectivity index (χ1) is 16.5. The molecule has 0 bridgehead atoms. The number of benzene rings is 3. The Labute approximate surface area is 201 Å². The fraction of sp³-hybridized carbons (Fsp3) is 0.0435. The molecule has 1 amide bonds. The predicted molar refractivity (Wildman–Crippen MR) is 131 cm³/mol. The number of nitro benzene ring substituents is 1. The maximum Gasteiger partial charge on any atom is 0.343 e. The summed E-state index contributed by atoms with van der Waals surface area (Å²) in [6.07, 6.45) is 1.47. The lowest BCUT2D eigenvalue weighted by Crippen LogP contribution is -2.19. The lowest BCUT2D eigenvalue weighted by molar-refractivity contribution is -0.384. The number of thiazole rings is 1. The molecule has 0 spiro atoms. The molecule has 4 aromatic rings. The summed E-state index contributed by atoms with van der Waals surface area (Å²) in [5.74, 6) is -0.394. The number of hydrogen-bond donors (Lipinski definition) is 1. The Morgan fingerprint density at radius 3 is 2.53 bits per heavy atom. The van der Waals surface area contributed by atoms with Crippen molar-refractivity contribution < 1.29 is 19.2 Å². The van der Waals surface area contributed by atoms with Gasteiger partial charge in [-0.2, -0.15) is 5.10 Å². The van der Waals surface area contributed by atoms with Crippen LogP contribution in [0.15, 0.2) is 82.2 Å². The third-order valence-electron chi connectivity index (χ3n) is 4.41. The van der Waals surface area contributed by atoms with Crippen LogP contribution in [0.25, 0.3) is 10.2 Å². The lowest BCUT2D eigenvalue weighted by Gasteiger charge is -2.04. The number of ether oxygens (including phenoxy) is 1. The summed E-state index contributed by atoms with van der Waals surface area (Å²) in [6.45, 7) is 0. The Morgan fingerprint density at radius 1 is 1.09 bits per heavy atom. The molecule has 34 heavy (non-hydrogen) atoms. The number of nitrogens with one attached hydrogen (secondary N) is 1. The zero-order valence-electron chi connectivity index (χ0n) is 17.4. The van der Waals surface area contributed by atoms with Gasteiger partial charge in [-0.15, -0.1) is 11.3 Å². The average Bonchev–Trinajstić information content (AvgIpc) is 3.27. The van der Waals surface area contributed by atoms with Crippen molar-refractivity contribution in [3.63, 3.8) is 0 Å². The molecule has 0 saturated carbocycles. The van der Waals surface area contributed by atoms with Gasteiger partial charge in [-0.1, -0.05) is 23.9 Å². The molecule has 3 aromatic carbocycles. The van der Waals surface area contributed by atoms with E-state index >= 15 is 0 Å². The van der Waals surface area contributed by atoms with Gasteiger partial charge in [-0.05, 0) is 54.1 Å². The van der Waals surface area contributed by atoms with Crippen LogP contribution in [-0.4, -0.2) is 33.8 Å². The molecule has 0 saturated heterocycles. The number of hydrogen-bond acceptors (Lipinski definition) is 9. The Morgan fingerprint density at radius 2 is 1.82 bits per heavy atom. The monoisotopic (exact) mass is 492 g/mol. The van der Waals surface area contributed by atoms with Crippen LogP contribution in [0.4, 0.5) is 5.69 Å². The number of rotatable bonds is 8. The van der Waals surface area contributed by atoms with Gasteiger partial charge in [0.25, 0.3) is 11.6 Å². The summed E-state index contributed by atoms with van der Waals surface area (Å²) < 4.78 is 7.16. The molecule has 1 N–H and O–H groups in total. The zero-order valence-corrected chi connectivity index (χ0v) is 19.0. The van der Waals surface area contributed by atoms with Gasteiger partial charge in [0.2, 0.25) is 0 Å². The van der Waals surface area contributed by atoms with Crippen molar-refractivity contribution in [1.82, 2.24) is 10.4 Å². The second-order valence-corrected chi connectivity index (χ2v) is 9.05. The van der Waals surface area contributed by atoms with E-state index in [9.17, 15) is 19.7 Å². The molecule has 0 aliphatic rings. The predicted octanol–water partition coefficient (Wildman–Crippen LogP) is 4.67. The van der Waals surface area contributed by atoms with E-state index in [4.69, 9.17) is 4.74 Å². The molecule has 0 aliphatic heterocycles. The molecule has 0 atom stereocenters. The molecule has 0 aliphatic carbocycles. The number of nitro groups is 1. The largest absolute Gasteiger partial charge is 0.423 e. The first-order valence-corrected chi connectivity index (χ1v) is 11.6. The molecule has 0 radical (unpaired) electrons. The molecule has 170 valence electrons. The van der Waals surface area contributed by atoms with Crippen LogP contribution < -0.4 is 10.2 Å². The highest BCUT2D eigenvalue weighted by atomic mass is 32.2. The zero-order chi connectivity index (χ0) is 23.9. The van der Waals surface area contributed by atoms with Gasteiger partial charge in [-0.3, -0.25) is 14.9 Å². The van der Waals surface area contributed by atoms with Gasteiger partial charge in [0.05, 0.1) is 32.7 Å². The minimum Gasteiger partial charge on any atom is -0.423 e. The number of aromatic nitrogens is 1. The molecule has 11 heteroatoms. The number of esters is 1. The summed E-state index contributed by atoms with van der Waals surface area (Å²) in [5.41, 5.74) is 4.16. The summed E-state index contributed by atoms with van der Waals surface area (Å²) in [7, 11) is 0. The SMILES string of the molecule is O=C(CSc1nc2ccccc2s1)N/N=C\c1ccc(OC(=O)c2ccc([N+](=O)[O-])cc2)cc1. The first kappa shape index (κ1) is 23.1. The van der Waals surface area contributed by atoms with Gasteiger partial charge in [0, 0.05) is 12.1 Å². The Balaban J connectivity index is 1.24. The number of non-ortho nitro benzene ring substituents is 1. The fourth-order valence-electron chi connectivity index (χ4n) is 2.76. The maximum atomic E-state index is 12.2. The summed E-state index contributed by atoms with van der Waals surface area (Å²) >= 11 is 2.88. The van der Waals surface area contributed by atoms with Crippen LogP contribution in [-0.2, 0) is 4.79 Å². The van der Waals surface area contributed by atoms with Crippen LogP contribution in [0.2, 0.25) is 0 Å². The second-order valence-electron chi connectivity index (χ2n) is 6.79. The van der Waals surface area contributed by atoms with Gasteiger partial charge in [0.1, 0.15) is 5.75 Å². The average molecular weight is 493 g/mol. The minimum atomic E-state index is -0.630. The van der Waals surface area contributed by atoms with Crippen molar-refractivity contribution in [3.8, 4) is 5.75 Å². The summed E-state index contributed by atoms with van der Waals surface area (Å²) in [4.78, 5) is 38.8. The van der Waals surface area contributed by atoms with Gasteiger partial charge in [-0.25, -0.2) is 15.2 Å².